The van der Waals surface area contributed by atoms with Gasteiger partial charge >= 0.3 is 0 Å². The van der Waals surface area contributed by atoms with E-state index in [1.54, 1.807) is 17.7 Å². The molecule has 0 saturated heterocycles. The third kappa shape index (κ3) is 2.76. The number of aromatic nitrogens is 1. The molecule has 0 aliphatic rings. The highest BCUT2D eigenvalue weighted by atomic mass is 32.2. The van der Waals surface area contributed by atoms with Gasteiger partial charge in [0.15, 0.2) is 0 Å². The Balaban J connectivity index is 2.02. The zero-order chi connectivity index (χ0) is 15.5. The van der Waals surface area contributed by atoms with Gasteiger partial charge in [-0.3, -0.25) is 9.59 Å². The molecule has 22 heavy (non-hydrogen) atoms. The number of anilines is 1. The topological polar surface area (TPSA) is 51.1 Å². The van der Waals surface area contributed by atoms with Crippen molar-refractivity contribution in [3.05, 3.63) is 65.0 Å². The van der Waals surface area contributed by atoms with E-state index >= 15 is 0 Å². The van der Waals surface area contributed by atoms with Crippen molar-refractivity contribution in [3.8, 4) is 0 Å². The molecule has 0 radical (unpaired) electrons. The lowest BCUT2D eigenvalue weighted by atomic mass is 10.2. The normalized spacial score (nSPS) is 10.6. The first-order valence-corrected chi connectivity index (χ1v) is 7.57. The van der Waals surface area contributed by atoms with Crippen molar-refractivity contribution in [2.45, 2.75) is 9.79 Å². The fourth-order valence-electron chi connectivity index (χ4n) is 2.28. The number of nitrogens with one attached hydrogen (secondary N) is 1. The molecule has 1 N–H and O–H groups in total. The fourth-order valence-corrected chi connectivity index (χ4v) is 3.25. The van der Waals surface area contributed by atoms with Crippen molar-refractivity contribution in [1.29, 1.82) is 0 Å². The smallest absolute Gasteiger partial charge is 0.251 e. The Kier molecular flexibility index (Phi) is 3.98. The van der Waals surface area contributed by atoms with Crippen LogP contribution in [0.2, 0.25) is 0 Å². The predicted octanol–water partition coefficient (Wildman–Crippen LogP) is 3.26. The van der Waals surface area contributed by atoms with Gasteiger partial charge in [0.05, 0.1) is 5.52 Å². The number of rotatable bonds is 4. The van der Waals surface area contributed by atoms with Crippen molar-refractivity contribution in [2.24, 2.45) is 7.05 Å². The maximum atomic E-state index is 12.1. The lowest BCUT2D eigenvalue weighted by Gasteiger charge is -2.10. The molecule has 0 bridgehead atoms. The Morgan fingerprint density at radius 2 is 1.82 bits per heavy atom. The van der Waals surface area contributed by atoms with Gasteiger partial charge in [0.1, 0.15) is 0 Å². The number of hydrogen-bond acceptors (Lipinski definition) is 3. The van der Waals surface area contributed by atoms with Crippen LogP contribution in [0.4, 0.5) is 5.69 Å². The molecule has 0 aliphatic carbocycles. The number of hydrogen-bond donors (Lipinski definition) is 1. The molecule has 3 aromatic rings. The Morgan fingerprint density at radius 1 is 1.09 bits per heavy atom. The SMILES string of the molecule is Cn1c(=O)cc(Sc2ccc(NC=O)cc2)c2ccccc21. The van der Waals surface area contributed by atoms with E-state index in [2.05, 4.69) is 5.32 Å². The summed E-state index contributed by atoms with van der Waals surface area (Å²) in [5.74, 6) is 0. The minimum absolute atomic E-state index is 0.0274. The number of pyridine rings is 1. The zero-order valence-electron chi connectivity index (χ0n) is 11.9. The van der Waals surface area contributed by atoms with E-state index in [-0.39, 0.29) is 5.56 Å². The van der Waals surface area contributed by atoms with Crippen LogP contribution in [0.25, 0.3) is 10.9 Å². The largest absolute Gasteiger partial charge is 0.329 e. The Bertz CT molecular complexity index is 885. The fraction of sp³-hybridized carbons (Fsp3) is 0.0588. The Hall–Kier alpha value is -2.53. The van der Waals surface area contributed by atoms with Crippen LogP contribution in [0.1, 0.15) is 0 Å². The van der Waals surface area contributed by atoms with Gasteiger partial charge in [-0.1, -0.05) is 30.0 Å². The average molecular weight is 310 g/mol. The molecule has 0 aliphatic heterocycles. The van der Waals surface area contributed by atoms with Crippen molar-refractivity contribution in [1.82, 2.24) is 4.57 Å². The molecule has 4 nitrogen and oxygen atoms in total. The van der Waals surface area contributed by atoms with Gasteiger partial charge in [0, 0.05) is 34.0 Å². The second-order valence-corrected chi connectivity index (χ2v) is 5.93. The second kappa shape index (κ2) is 6.07. The molecular formula is C17H14N2O2S. The van der Waals surface area contributed by atoms with E-state index in [4.69, 9.17) is 0 Å². The summed E-state index contributed by atoms with van der Waals surface area (Å²) < 4.78 is 1.65. The van der Waals surface area contributed by atoms with E-state index in [0.717, 1.165) is 26.4 Å². The molecule has 0 fully saturated rings. The van der Waals surface area contributed by atoms with Crippen molar-refractivity contribution < 1.29 is 4.79 Å². The van der Waals surface area contributed by atoms with Crippen LogP contribution in [-0.2, 0) is 11.8 Å². The number of amides is 1. The summed E-state index contributed by atoms with van der Waals surface area (Å²) >= 11 is 1.54. The highest BCUT2D eigenvalue weighted by Crippen LogP contribution is 2.32. The summed E-state index contributed by atoms with van der Waals surface area (Å²) in [4.78, 5) is 24.4. The van der Waals surface area contributed by atoms with E-state index < -0.39 is 0 Å². The Morgan fingerprint density at radius 3 is 2.55 bits per heavy atom. The molecular weight excluding hydrogens is 296 g/mol. The van der Waals surface area contributed by atoms with Crippen LogP contribution in [-0.4, -0.2) is 11.0 Å². The first kappa shape index (κ1) is 14.4. The third-order valence-corrected chi connectivity index (χ3v) is 4.49. The highest BCUT2D eigenvalue weighted by molar-refractivity contribution is 7.99. The minimum Gasteiger partial charge on any atom is -0.329 e. The summed E-state index contributed by atoms with van der Waals surface area (Å²) in [7, 11) is 1.78. The zero-order valence-corrected chi connectivity index (χ0v) is 12.8. The molecule has 1 amide bonds. The number of carbonyl (C=O) groups excluding carboxylic acids is 1. The minimum atomic E-state index is -0.0274. The van der Waals surface area contributed by atoms with Crippen molar-refractivity contribution in [2.75, 3.05) is 5.32 Å². The molecule has 5 heteroatoms. The number of benzene rings is 2. The number of aryl methyl sites for hydroxylation is 1. The standard InChI is InChI=1S/C17H14N2O2S/c1-19-15-5-3-2-4-14(15)16(10-17(19)21)22-13-8-6-12(7-9-13)18-11-20/h2-11H,1H3,(H,18,20). The molecule has 1 aromatic heterocycles. The molecule has 0 atom stereocenters. The van der Waals surface area contributed by atoms with Gasteiger partial charge in [-0.15, -0.1) is 0 Å². The molecule has 0 saturated carbocycles. The van der Waals surface area contributed by atoms with E-state index in [9.17, 15) is 9.59 Å². The van der Waals surface area contributed by atoms with Gasteiger partial charge < -0.3 is 9.88 Å². The number of para-hydroxylation sites is 1. The van der Waals surface area contributed by atoms with Gasteiger partial charge in [-0.2, -0.15) is 0 Å². The number of nitrogens with zero attached hydrogens (tertiary/aromatic N) is 1. The van der Waals surface area contributed by atoms with E-state index in [1.807, 2.05) is 48.5 Å². The van der Waals surface area contributed by atoms with E-state index in [0.29, 0.717) is 6.41 Å². The monoisotopic (exact) mass is 310 g/mol. The summed E-state index contributed by atoms with van der Waals surface area (Å²) in [6.45, 7) is 0. The van der Waals surface area contributed by atoms with Crippen molar-refractivity contribution >= 4 is 34.8 Å². The van der Waals surface area contributed by atoms with Gasteiger partial charge in [-0.25, -0.2) is 0 Å². The summed E-state index contributed by atoms with van der Waals surface area (Å²) in [5.41, 5.74) is 1.63. The lowest BCUT2D eigenvalue weighted by molar-refractivity contribution is -0.105. The average Bonchev–Trinajstić information content (AvgIpc) is 2.54. The van der Waals surface area contributed by atoms with Gasteiger partial charge in [0.25, 0.3) is 5.56 Å². The molecule has 0 spiro atoms. The van der Waals surface area contributed by atoms with E-state index in [1.165, 1.54) is 11.8 Å². The molecule has 3 rings (SSSR count). The molecule has 110 valence electrons. The molecule has 1 heterocycles. The Labute approximate surface area is 131 Å². The van der Waals surface area contributed by atoms with Crippen LogP contribution in [0.3, 0.4) is 0 Å². The first-order chi connectivity index (χ1) is 10.7. The molecule has 0 unspecified atom stereocenters. The van der Waals surface area contributed by atoms with Gasteiger partial charge in [-0.05, 0) is 30.3 Å². The first-order valence-electron chi connectivity index (χ1n) is 6.76. The van der Waals surface area contributed by atoms with Crippen LogP contribution in [0.5, 0.6) is 0 Å². The van der Waals surface area contributed by atoms with Crippen LogP contribution in [0, 0.1) is 0 Å². The second-order valence-electron chi connectivity index (χ2n) is 4.81. The summed E-state index contributed by atoms with van der Waals surface area (Å²) in [5, 5.41) is 3.65. The van der Waals surface area contributed by atoms with Crippen molar-refractivity contribution in [3.63, 3.8) is 0 Å². The molecule has 2 aromatic carbocycles. The number of carbonyl (C=O) groups is 1. The third-order valence-electron chi connectivity index (χ3n) is 3.42. The maximum absolute atomic E-state index is 12.1. The summed E-state index contributed by atoms with van der Waals surface area (Å²) in [6, 6.07) is 17.0. The lowest BCUT2D eigenvalue weighted by Crippen LogP contribution is -2.15. The highest BCUT2D eigenvalue weighted by Gasteiger charge is 2.07. The quantitative estimate of drug-likeness (QED) is 0.753. The van der Waals surface area contributed by atoms with Gasteiger partial charge in [0.2, 0.25) is 6.41 Å². The predicted molar refractivity (Wildman–Crippen MR) is 89.4 cm³/mol. The number of fused-ring (bicyclic) bond motifs is 1. The van der Waals surface area contributed by atoms with Crippen LogP contribution in [0.15, 0.2) is 69.2 Å². The maximum Gasteiger partial charge on any atom is 0.251 e. The van der Waals surface area contributed by atoms with Crippen LogP contribution >= 0.6 is 11.8 Å². The summed E-state index contributed by atoms with van der Waals surface area (Å²) in [6.07, 6.45) is 0.649. The van der Waals surface area contributed by atoms with Crippen LogP contribution < -0.4 is 10.9 Å².